The number of rotatable bonds is 3. The van der Waals surface area contributed by atoms with Crippen molar-refractivity contribution >= 4 is 51.5 Å². The topological polar surface area (TPSA) is 139 Å². The number of hydrogen-bond donors (Lipinski definition) is 2. The zero-order valence-corrected chi connectivity index (χ0v) is 15.0. The highest BCUT2D eigenvalue weighted by molar-refractivity contribution is 6.33. The fourth-order valence-electron chi connectivity index (χ4n) is 2.58. The van der Waals surface area contributed by atoms with Gasteiger partial charge in [-0.25, -0.2) is 9.36 Å². The van der Waals surface area contributed by atoms with Gasteiger partial charge in [0, 0.05) is 24.4 Å². The number of nitro groups is 1. The minimum Gasteiger partial charge on any atom is -0.493 e. The average molecular weight is 402 g/mol. The smallest absolute Gasteiger partial charge is 0.364 e. The number of urea groups is 1. The van der Waals surface area contributed by atoms with Gasteiger partial charge in [0.1, 0.15) is 0 Å². The first-order valence-electron chi connectivity index (χ1n) is 7.79. The van der Waals surface area contributed by atoms with Crippen molar-refractivity contribution in [2.45, 2.75) is 6.92 Å². The van der Waals surface area contributed by atoms with Crippen molar-refractivity contribution in [1.82, 2.24) is 4.57 Å². The molecule has 0 bridgehead atoms. The van der Waals surface area contributed by atoms with E-state index in [-0.39, 0.29) is 27.3 Å². The maximum absolute atomic E-state index is 12.0. The summed E-state index contributed by atoms with van der Waals surface area (Å²) in [6.45, 7) is 1.20. The predicted molar refractivity (Wildman–Crippen MR) is 102 cm³/mol. The van der Waals surface area contributed by atoms with Crippen LogP contribution in [0.15, 0.2) is 52.7 Å². The molecular formula is C17H12ClN5O5. The Balaban J connectivity index is 2.02. The molecule has 2 aromatic carbocycles. The molecule has 0 atom stereocenters. The summed E-state index contributed by atoms with van der Waals surface area (Å²) in [5.41, 5.74) is -0.0245. The zero-order valence-electron chi connectivity index (χ0n) is 14.3. The van der Waals surface area contributed by atoms with Gasteiger partial charge in [-0.05, 0) is 18.2 Å². The number of nitrogens with zero attached hydrogens (tertiary/aromatic N) is 4. The van der Waals surface area contributed by atoms with Crippen LogP contribution in [0.3, 0.4) is 0 Å². The molecular weight excluding hydrogens is 390 g/mol. The lowest BCUT2D eigenvalue weighted by atomic mass is 10.2. The molecule has 0 unspecified atom stereocenters. The van der Waals surface area contributed by atoms with Crippen LogP contribution >= 0.6 is 11.6 Å². The van der Waals surface area contributed by atoms with Gasteiger partial charge < -0.3 is 10.4 Å². The maximum atomic E-state index is 12.0. The van der Waals surface area contributed by atoms with Crippen LogP contribution < -0.4 is 5.32 Å². The Morgan fingerprint density at radius 3 is 2.61 bits per heavy atom. The van der Waals surface area contributed by atoms with Crippen LogP contribution in [0.4, 0.5) is 21.9 Å². The molecule has 10 nitrogen and oxygen atoms in total. The molecule has 0 radical (unpaired) electrons. The number of benzene rings is 2. The second-order valence-electron chi connectivity index (χ2n) is 5.60. The van der Waals surface area contributed by atoms with E-state index in [0.717, 1.165) is 10.6 Å². The molecule has 0 aliphatic heterocycles. The predicted octanol–water partition coefficient (Wildman–Crippen LogP) is 4.88. The molecule has 0 saturated heterocycles. The third-order valence-corrected chi connectivity index (χ3v) is 4.11. The van der Waals surface area contributed by atoms with Crippen LogP contribution in [0.25, 0.3) is 10.9 Å². The molecule has 0 fully saturated rings. The number of anilines is 1. The van der Waals surface area contributed by atoms with E-state index in [1.165, 1.54) is 19.1 Å². The summed E-state index contributed by atoms with van der Waals surface area (Å²) in [4.78, 5) is 34.2. The van der Waals surface area contributed by atoms with E-state index < -0.39 is 22.7 Å². The van der Waals surface area contributed by atoms with E-state index >= 15 is 0 Å². The average Bonchev–Trinajstić information content (AvgIpc) is 2.92. The summed E-state index contributed by atoms with van der Waals surface area (Å²) in [7, 11) is 0. The van der Waals surface area contributed by atoms with E-state index in [1.807, 2.05) is 0 Å². The SMILES string of the molecule is CC(=O)n1c(O)c(N=NC(=O)Nc2ccccc2Cl)c2cc([N+](=O)[O-])ccc21. The minimum absolute atomic E-state index is 0.0937. The molecule has 11 heteroatoms. The van der Waals surface area contributed by atoms with E-state index in [9.17, 15) is 24.8 Å². The largest absolute Gasteiger partial charge is 0.493 e. The zero-order chi connectivity index (χ0) is 20.4. The van der Waals surface area contributed by atoms with Crippen molar-refractivity contribution in [2.24, 2.45) is 10.2 Å². The Kier molecular flexibility index (Phi) is 5.05. The monoisotopic (exact) mass is 401 g/mol. The summed E-state index contributed by atoms with van der Waals surface area (Å²) in [5.74, 6) is -1.13. The van der Waals surface area contributed by atoms with Crippen LogP contribution in [-0.2, 0) is 0 Å². The summed E-state index contributed by atoms with van der Waals surface area (Å²) < 4.78 is 0.916. The normalized spacial score (nSPS) is 11.1. The molecule has 2 N–H and O–H groups in total. The Morgan fingerprint density at radius 2 is 1.96 bits per heavy atom. The summed E-state index contributed by atoms with van der Waals surface area (Å²) in [5, 5.41) is 31.3. The van der Waals surface area contributed by atoms with Gasteiger partial charge in [0.15, 0.2) is 5.69 Å². The Morgan fingerprint density at radius 1 is 1.25 bits per heavy atom. The maximum Gasteiger partial charge on any atom is 0.364 e. The first-order chi connectivity index (χ1) is 13.3. The van der Waals surface area contributed by atoms with E-state index in [4.69, 9.17) is 11.6 Å². The van der Waals surface area contributed by atoms with Gasteiger partial charge in [0.2, 0.25) is 11.8 Å². The number of nitro benzene ring substituents is 1. The highest BCUT2D eigenvalue weighted by Crippen LogP contribution is 2.40. The van der Waals surface area contributed by atoms with Gasteiger partial charge in [0.05, 0.1) is 21.2 Å². The Labute approximate surface area is 162 Å². The quantitative estimate of drug-likeness (QED) is 0.365. The van der Waals surface area contributed by atoms with Crippen molar-refractivity contribution in [1.29, 1.82) is 0 Å². The molecule has 3 aromatic rings. The lowest BCUT2D eigenvalue weighted by Crippen LogP contribution is -2.05. The van der Waals surface area contributed by atoms with Gasteiger partial charge in [0.25, 0.3) is 5.69 Å². The molecule has 0 aliphatic carbocycles. The summed E-state index contributed by atoms with van der Waals surface area (Å²) >= 11 is 5.94. The minimum atomic E-state index is -0.887. The Hall–Kier alpha value is -3.79. The number of aromatic hydroxyl groups is 1. The molecule has 3 rings (SSSR count). The second kappa shape index (κ2) is 7.45. The second-order valence-corrected chi connectivity index (χ2v) is 6.00. The first-order valence-corrected chi connectivity index (χ1v) is 8.17. The molecule has 0 aliphatic rings. The van der Waals surface area contributed by atoms with Crippen LogP contribution in [0.2, 0.25) is 5.02 Å². The molecule has 2 amide bonds. The first kappa shape index (κ1) is 19.0. The van der Waals surface area contributed by atoms with Crippen molar-refractivity contribution in [3.05, 3.63) is 57.6 Å². The summed E-state index contributed by atoms with van der Waals surface area (Å²) in [6.07, 6.45) is 0. The number of carbonyl (C=O) groups is 2. The van der Waals surface area contributed by atoms with Crippen LogP contribution in [0.1, 0.15) is 11.7 Å². The molecule has 0 saturated carbocycles. The number of nitrogens with one attached hydrogen (secondary N) is 1. The van der Waals surface area contributed by atoms with Gasteiger partial charge >= 0.3 is 6.03 Å². The molecule has 1 aromatic heterocycles. The van der Waals surface area contributed by atoms with Crippen LogP contribution in [0, 0.1) is 10.1 Å². The standard InChI is InChI=1S/C17H12ClN5O5/c1-9(24)22-14-7-6-10(23(27)28)8-11(14)15(16(22)25)20-21-17(26)19-13-5-3-2-4-12(13)18/h2-8,25H,1H3,(H,19,26). The Bertz CT molecular complexity index is 1150. The van der Waals surface area contributed by atoms with Crippen molar-refractivity contribution in [3.8, 4) is 5.88 Å². The van der Waals surface area contributed by atoms with Gasteiger partial charge in [-0.3, -0.25) is 14.9 Å². The van der Waals surface area contributed by atoms with Crippen molar-refractivity contribution in [2.75, 3.05) is 5.32 Å². The number of hydrogen-bond acceptors (Lipinski definition) is 6. The van der Waals surface area contributed by atoms with Gasteiger partial charge in [-0.2, -0.15) is 0 Å². The third-order valence-electron chi connectivity index (χ3n) is 3.78. The highest BCUT2D eigenvalue weighted by atomic mass is 35.5. The highest BCUT2D eigenvalue weighted by Gasteiger charge is 2.22. The molecule has 0 spiro atoms. The number of carbonyl (C=O) groups excluding carboxylic acids is 2. The molecule has 1 heterocycles. The number of azo groups is 1. The summed E-state index contributed by atoms with van der Waals surface area (Å²) in [6, 6.07) is 9.20. The third kappa shape index (κ3) is 3.53. The van der Waals surface area contributed by atoms with Gasteiger partial charge in [-0.1, -0.05) is 28.8 Å². The molecule has 28 heavy (non-hydrogen) atoms. The van der Waals surface area contributed by atoms with Crippen molar-refractivity contribution in [3.63, 3.8) is 0 Å². The number of amides is 2. The fraction of sp³-hybridized carbons (Fsp3) is 0.0588. The number of non-ortho nitro benzene ring substituents is 1. The van der Waals surface area contributed by atoms with Crippen molar-refractivity contribution < 1.29 is 19.6 Å². The fourth-order valence-corrected chi connectivity index (χ4v) is 2.76. The van der Waals surface area contributed by atoms with Crippen LogP contribution in [-0.4, -0.2) is 26.5 Å². The number of halogens is 1. The van der Waals surface area contributed by atoms with E-state index in [2.05, 4.69) is 15.5 Å². The lowest BCUT2D eigenvalue weighted by Gasteiger charge is -2.02. The number of fused-ring (bicyclic) bond motifs is 1. The van der Waals surface area contributed by atoms with Gasteiger partial charge in [-0.15, -0.1) is 5.11 Å². The lowest BCUT2D eigenvalue weighted by molar-refractivity contribution is -0.384. The van der Waals surface area contributed by atoms with Crippen LogP contribution in [0.5, 0.6) is 5.88 Å². The number of para-hydroxylation sites is 1. The molecule has 142 valence electrons. The van der Waals surface area contributed by atoms with E-state index in [0.29, 0.717) is 5.69 Å². The number of aromatic nitrogens is 1. The van der Waals surface area contributed by atoms with E-state index in [1.54, 1.807) is 24.3 Å².